The van der Waals surface area contributed by atoms with Crippen LogP contribution in [0, 0.1) is 0 Å². The van der Waals surface area contributed by atoms with E-state index < -0.39 is 48.4 Å². The van der Waals surface area contributed by atoms with Gasteiger partial charge >= 0.3 is 11.9 Å². The lowest BCUT2D eigenvalue weighted by Crippen LogP contribution is -2.23. The average Bonchev–Trinajstić information content (AvgIpc) is 2.41. The molecule has 8 heteroatoms. The number of carbonyl (C=O) groups excluding carboxylic acids is 2. The van der Waals surface area contributed by atoms with Crippen molar-refractivity contribution in [3.63, 3.8) is 0 Å². The van der Waals surface area contributed by atoms with Gasteiger partial charge in [-0.1, -0.05) is 24.3 Å². The Hall–Kier alpha value is -2.90. The number of primary amides is 2. The van der Waals surface area contributed by atoms with E-state index >= 15 is 0 Å². The van der Waals surface area contributed by atoms with Gasteiger partial charge in [0.25, 0.3) is 0 Å². The first-order valence-corrected chi connectivity index (χ1v) is 6.34. The van der Waals surface area contributed by atoms with Crippen LogP contribution in [0.25, 0.3) is 0 Å². The third-order valence-electron chi connectivity index (χ3n) is 3.12. The molecule has 6 N–H and O–H groups in total. The second-order valence-electron chi connectivity index (χ2n) is 4.79. The van der Waals surface area contributed by atoms with Crippen molar-refractivity contribution >= 4 is 23.8 Å². The summed E-state index contributed by atoms with van der Waals surface area (Å²) in [5, 5.41) is 18.3. The van der Waals surface area contributed by atoms with Crippen LogP contribution in [0.3, 0.4) is 0 Å². The van der Waals surface area contributed by atoms with Crippen LogP contribution in [-0.4, -0.2) is 34.0 Å². The number of carboxylic acids is 2. The quantitative estimate of drug-likeness (QED) is 0.518. The van der Waals surface area contributed by atoms with Gasteiger partial charge in [-0.25, -0.2) is 0 Å². The first-order valence-electron chi connectivity index (χ1n) is 6.34. The third kappa shape index (κ3) is 4.58. The van der Waals surface area contributed by atoms with Crippen molar-refractivity contribution in [1.29, 1.82) is 0 Å². The Morgan fingerprint density at radius 2 is 1.23 bits per heavy atom. The van der Waals surface area contributed by atoms with Gasteiger partial charge in [0.1, 0.15) is 0 Å². The molecule has 0 aromatic heterocycles. The van der Waals surface area contributed by atoms with Crippen LogP contribution in [0.5, 0.6) is 0 Å². The Morgan fingerprint density at radius 3 is 1.50 bits per heavy atom. The normalized spacial score (nSPS) is 13.1. The van der Waals surface area contributed by atoms with Gasteiger partial charge in [-0.15, -0.1) is 0 Å². The molecule has 0 heterocycles. The van der Waals surface area contributed by atoms with Crippen molar-refractivity contribution in [3.8, 4) is 0 Å². The molecule has 22 heavy (non-hydrogen) atoms. The molecule has 0 aliphatic carbocycles. The lowest BCUT2D eigenvalue weighted by Gasteiger charge is -2.15. The highest BCUT2D eigenvalue weighted by Crippen LogP contribution is 2.26. The van der Waals surface area contributed by atoms with Crippen LogP contribution >= 0.6 is 0 Å². The summed E-state index contributed by atoms with van der Waals surface area (Å²) in [4.78, 5) is 44.4. The first kappa shape index (κ1) is 17.2. The zero-order valence-corrected chi connectivity index (χ0v) is 11.6. The summed E-state index contributed by atoms with van der Waals surface area (Å²) in [6, 6.07) is 5.70. The molecule has 1 aromatic carbocycles. The van der Waals surface area contributed by atoms with E-state index in [2.05, 4.69) is 0 Å². The van der Waals surface area contributed by atoms with Gasteiger partial charge in [0, 0.05) is 12.8 Å². The molecule has 2 atom stereocenters. The highest BCUT2D eigenvalue weighted by Gasteiger charge is 2.26. The van der Waals surface area contributed by atoms with Crippen LogP contribution in [0.4, 0.5) is 0 Å². The predicted octanol–water partition coefficient (Wildman–Crippen LogP) is -0.226. The van der Waals surface area contributed by atoms with Crippen molar-refractivity contribution in [2.24, 2.45) is 11.5 Å². The minimum atomic E-state index is -1.25. The lowest BCUT2D eigenvalue weighted by atomic mass is 9.89. The number of hydrogen-bond donors (Lipinski definition) is 4. The number of hydrogen-bond acceptors (Lipinski definition) is 4. The second kappa shape index (κ2) is 7.21. The Kier molecular flexibility index (Phi) is 5.62. The average molecular weight is 308 g/mol. The number of nitrogens with two attached hydrogens (primary N) is 2. The van der Waals surface area contributed by atoms with Crippen LogP contribution < -0.4 is 11.5 Å². The van der Waals surface area contributed by atoms with Crippen LogP contribution in [0.2, 0.25) is 0 Å². The van der Waals surface area contributed by atoms with E-state index in [1.165, 1.54) is 24.3 Å². The van der Waals surface area contributed by atoms with Crippen molar-refractivity contribution in [1.82, 2.24) is 0 Å². The summed E-state index contributed by atoms with van der Waals surface area (Å²) in [6.45, 7) is 0. The molecule has 8 nitrogen and oxygen atoms in total. The van der Waals surface area contributed by atoms with E-state index in [0.29, 0.717) is 0 Å². The molecular formula is C14H16N2O6. The van der Waals surface area contributed by atoms with Crippen molar-refractivity contribution in [2.75, 3.05) is 0 Å². The Labute approximate surface area is 125 Å². The monoisotopic (exact) mass is 308 g/mol. The molecule has 0 bridgehead atoms. The Bertz CT molecular complexity index is 564. The van der Waals surface area contributed by atoms with Gasteiger partial charge in [-0.2, -0.15) is 0 Å². The molecule has 0 saturated heterocycles. The molecular weight excluding hydrogens is 292 g/mol. The number of carboxylic acid groups (broad SMARTS) is 2. The Morgan fingerprint density at radius 1 is 0.864 bits per heavy atom. The summed E-state index contributed by atoms with van der Waals surface area (Å²) in [6.07, 6.45) is -0.821. The van der Waals surface area contributed by atoms with Crippen molar-refractivity contribution < 1.29 is 29.4 Å². The van der Waals surface area contributed by atoms with Crippen LogP contribution in [-0.2, 0) is 19.2 Å². The highest BCUT2D eigenvalue weighted by atomic mass is 16.4. The van der Waals surface area contributed by atoms with E-state index in [1.54, 1.807) is 0 Å². The molecule has 1 aromatic rings. The van der Waals surface area contributed by atoms with Gasteiger partial charge in [0.15, 0.2) is 0 Å². The summed E-state index contributed by atoms with van der Waals surface area (Å²) in [5.41, 5.74) is 10.5. The van der Waals surface area contributed by atoms with Gasteiger partial charge in [-0.05, 0) is 11.1 Å². The third-order valence-corrected chi connectivity index (χ3v) is 3.12. The number of rotatable bonds is 8. The fraction of sp³-hybridized carbons (Fsp3) is 0.286. The van der Waals surface area contributed by atoms with Crippen molar-refractivity contribution in [3.05, 3.63) is 35.4 Å². The Balaban J connectivity index is 3.20. The zero-order valence-electron chi connectivity index (χ0n) is 11.6. The number of amides is 2. The van der Waals surface area contributed by atoms with E-state index in [9.17, 15) is 19.2 Å². The predicted molar refractivity (Wildman–Crippen MR) is 74.8 cm³/mol. The maximum atomic E-state index is 11.2. The maximum absolute atomic E-state index is 11.2. The molecule has 0 radical (unpaired) electrons. The van der Waals surface area contributed by atoms with Gasteiger partial charge in [0.2, 0.25) is 11.8 Å². The molecule has 0 saturated carbocycles. The molecule has 0 aliphatic heterocycles. The summed E-state index contributed by atoms with van der Waals surface area (Å²) < 4.78 is 0. The second-order valence-corrected chi connectivity index (χ2v) is 4.79. The van der Waals surface area contributed by atoms with E-state index in [-0.39, 0.29) is 11.1 Å². The summed E-state index contributed by atoms with van der Waals surface area (Å²) in [7, 11) is 0. The summed E-state index contributed by atoms with van der Waals surface area (Å²) >= 11 is 0. The zero-order chi connectivity index (χ0) is 16.9. The highest BCUT2D eigenvalue weighted by molar-refractivity contribution is 5.86. The SMILES string of the molecule is NC(=O)CC(C(=O)O)c1cccc(C(CC(N)=O)C(=O)O)c1. The number of benzene rings is 1. The van der Waals surface area contributed by atoms with Crippen LogP contribution in [0.1, 0.15) is 35.8 Å². The minimum Gasteiger partial charge on any atom is -0.481 e. The van der Waals surface area contributed by atoms with Crippen LogP contribution in [0.15, 0.2) is 24.3 Å². The maximum Gasteiger partial charge on any atom is 0.311 e. The first-order chi connectivity index (χ1) is 10.2. The van der Waals surface area contributed by atoms with E-state index in [0.717, 1.165) is 0 Å². The fourth-order valence-corrected chi connectivity index (χ4v) is 2.09. The number of carbonyl (C=O) groups is 4. The van der Waals surface area contributed by atoms with Crippen molar-refractivity contribution in [2.45, 2.75) is 24.7 Å². The fourth-order valence-electron chi connectivity index (χ4n) is 2.09. The minimum absolute atomic E-state index is 0.236. The van der Waals surface area contributed by atoms with Gasteiger partial charge in [-0.3, -0.25) is 19.2 Å². The smallest absolute Gasteiger partial charge is 0.311 e. The molecule has 0 spiro atoms. The standard InChI is InChI=1S/C14H16N2O6/c15-11(17)5-9(13(19)20)7-2-1-3-8(4-7)10(14(21)22)6-12(16)18/h1-4,9-10H,5-6H2,(H2,15,17)(H2,16,18)(H,19,20)(H,21,22). The summed E-state index contributed by atoms with van der Waals surface area (Å²) in [5.74, 6) is -6.44. The number of aliphatic carboxylic acids is 2. The van der Waals surface area contributed by atoms with Gasteiger partial charge < -0.3 is 21.7 Å². The molecule has 2 amide bonds. The topological polar surface area (TPSA) is 161 Å². The molecule has 0 aliphatic rings. The van der Waals surface area contributed by atoms with E-state index in [4.69, 9.17) is 21.7 Å². The lowest BCUT2D eigenvalue weighted by molar-refractivity contribution is -0.140. The van der Waals surface area contributed by atoms with E-state index in [1.807, 2.05) is 0 Å². The largest absolute Gasteiger partial charge is 0.481 e. The van der Waals surface area contributed by atoms with Gasteiger partial charge in [0.05, 0.1) is 11.8 Å². The molecule has 0 fully saturated rings. The molecule has 118 valence electrons. The molecule has 1 rings (SSSR count). The molecule has 2 unspecified atom stereocenters.